The number of ether oxygens (including phenoxy) is 2. The highest BCUT2D eigenvalue weighted by Gasteiger charge is 2.33. The number of hydrogen-bond donors (Lipinski definition) is 0. The number of aromatic nitrogens is 2. The van der Waals surface area contributed by atoms with Crippen LogP contribution in [0.5, 0.6) is 11.5 Å². The Morgan fingerprint density at radius 3 is 2.76 bits per heavy atom. The Kier molecular flexibility index (Phi) is 5.53. The minimum absolute atomic E-state index is 0.0692. The molecular formula is C21H23N3O4S. The summed E-state index contributed by atoms with van der Waals surface area (Å²) in [5.41, 5.74) is 2.26. The fraction of sp³-hybridized carbons (Fsp3) is 0.381. The van der Waals surface area contributed by atoms with Crippen molar-refractivity contribution in [3.63, 3.8) is 0 Å². The van der Waals surface area contributed by atoms with E-state index in [1.807, 2.05) is 28.5 Å². The van der Waals surface area contributed by atoms with Gasteiger partial charge in [0.2, 0.25) is 11.8 Å². The first kappa shape index (κ1) is 19.4. The Balaban J connectivity index is 1.65. The zero-order chi connectivity index (χ0) is 20.4. The summed E-state index contributed by atoms with van der Waals surface area (Å²) in [6.45, 7) is 2.41. The standard InChI is InChI=1S/C21H23N3O4S/c1-13-22-19(28-23-13)6-7-20(25)24-9-8-14-11-16(26-2)17(27-3)12-15(14)21(24)18-5-4-10-29-18/h4-5,10-12,21H,6-9H2,1-3H3/t21-/m1/s1. The third kappa shape index (κ3) is 3.85. The number of fused-ring (bicyclic) bond motifs is 1. The maximum Gasteiger partial charge on any atom is 0.227 e. The number of carbonyl (C=O) groups is 1. The summed E-state index contributed by atoms with van der Waals surface area (Å²) in [5.74, 6) is 2.52. The second-order valence-corrected chi connectivity index (χ2v) is 7.88. The van der Waals surface area contributed by atoms with E-state index in [-0.39, 0.29) is 11.9 Å². The Morgan fingerprint density at radius 1 is 1.31 bits per heavy atom. The molecule has 2 aromatic heterocycles. The maximum atomic E-state index is 13.2. The lowest BCUT2D eigenvalue weighted by atomic mass is 9.90. The molecule has 8 heteroatoms. The molecule has 1 aliphatic heterocycles. The van der Waals surface area contributed by atoms with Crippen LogP contribution in [0, 0.1) is 6.92 Å². The van der Waals surface area contributed by atoms with Gasteiger partial charge < -0.3 is 18.9 Å². The molecule has 0 fully saturated rings. The molecule has 1 aliphatic rings. The monoisotopic (exact) mass is 413 g/mol. The minimum Gasteiger partial charge on any atom is -0.493 e. The highest BCUT2D eigenvalue weighted by atomic mass is 32.1. The second-order valence-electron chi connectivity index (χ2n) is 6.90. The molecule has 1 aromatic carbocycles. The first-order chi connectivity index (χ1) is 14.1. The lowest BCUT2D eigenvalue weighted by Crippen LogP contribution is -2.40. The summed E-state index contributed by atoms with van der Waals surface area (Å²) in [6, 6.07) is 7.97. The Labute approximate surface area is 173 Å². The number of carbonyl (C=O) groups excluding carboxylic acids is 1. The number of nitrogens with zero attached hydrogens (tertiary/aromatic N) is 3. The van der Waals surface area contributed by atoms with Crippen LogP contribution in [0.4, 0.5) is 0 Å². The highest BCUT2D eigenvalue weighted by Crippen LogP contribution is 2.42. The van der Waals surface area contributed by atoms with Crippen LogP contribution < -0.4 is 9.47 Å². The molecule has 152 valence electrons. The summed E-state index contributed by atoms with van der Waals surface area (Å²) in [4.78, 5) is 20.4. The van der Waals surface area contributed by atoms with Crippen molar-refractivity contribution in [3.05, 3.63) is 57.4 Å². The average Bonchev–Trinajstić information content (AvgIpc) is 3.41. The van der Waals surface area contributed by atoms with Gasteiger partial charge in [0.1, 0.15) is 0 Å². The van der Waals surface area contributed by atoms with Crippen molar-refractivity contribution >= 4 is 17.2 Å². The maximum absolute atomic E-state index is 13.2. The van der Waals surface area contributed by atoms with E-state index in [0.29, 0.717) is 42.6 Å². The number of hydrogen-bond acceptors (Lipinski definition) is 7. The average molecular weight is 413 g/mol. The Bertz CT molecular complexity index is 1000. The number of methoxy groups -OCH3 is 2. The lowest BCUT2D eigenvalue weighted by molar-refractivity contribution is -0.133. The SMILES string of the molecule is COc1cc2c(cc1OC)[C@H](c1cccs1)N(C(=O)CCc1nc(C)no1)CC2. The van der Waals surface area contributed by atoms with Crippen molar-refractivity contribution in [2.45, 2.75) is 32.2 Å². The summed E-state index contributed by atoms with van der Waals surface area (Å²) in [6.07, 6.45) is 1.53. The van der Waals surface area contributed by atoms with E-state index in [0.717, 1.165) is 16.9 Å². The molecule has 3 heterocycles. The van der Waals surface area contributed by atoms with Gasteiger partial charge in [-0.25, -0.2) is 0 Å². The molecule has 0 saturated heterocycles. The fourth-order valence-electron chi connectivity index (χ4n) is 3.77. The topological polar surface area (TPSA) is 77.7 Å². The van der Waals surface area contributed by atoms with Crippen molar-refractivity contribution in [1.29, 1.82) is 0 Å². The number of thiophene rings is 1. The molecule has 3 aromatic rings. The van der Waals surface area contributed by atoms with Crippen molar-refractivity contribution < 1.29 is 18.8 Å². The second kappa shape index (κ2) is 8.24. The van der Waals surface area contributed by atoms with E-state index in [2.05, 4.69) is 16.2 Å². The summed E-state index contributed by atoms with van der Waals surface area (Å²) < 4.78 is 16.1. The number of rotatable bonds is 6. The van der Waals surface area contributed by atoms with Gasteiger partial charge in [0.15, 0.2) is 17.3 Å². The van der Waals surface area contributed by atoms with Crippen LogP contribution in [0.1, 0.15) is 40.2 Å². The fourth-order valence-corrected chi connectivity index (χ4v) is 4.62. The minimum atomic E-state index is -0.143. The first-order valence-electron chi connectivity index (χ1n) is 9.47. The van der Waals surface area contributed by atoms with Crippen LogP contribution in [0.15, 0.2) is 34.2 Å². The van der Waals surface area contributed by atoms with E-state index in [9.17, 15) is 4.79 Å². The molecule has 0 spiro atoms. The zero-order valence-corrected chi connectivity index (χ0v) is 17.5. The van der Waals surface area contributed by atoms with E-state index in [1.54, 1.807) is 32.5 Å². The van der Waals surface area contributed by atoms with Crippen molar-refractivity contribution in [2.24, 2.45) is 0 Å². The van der Waals surface area contributed by atoms with Gasteiger partial charge in [0.25, 0.3) is 0 Å². The van der Waals surface area contributed by atoms with Crippen LogP contribution in [0.3, 0.4) is 0 Å². The van der Waals surface area contributed by atoms with E-state index < -0.39 is 0 Å². The van der Waals surface area contributed by atoms with Gasteiger partial charge >= 0.3 is 0 Å². The number of benzene rings is 1. The van der Waals surface area contributed by atoms with E-state index >= 15 is 0 Å². The van der Waals surface area contributed by atoms with Crippen LogP contribution in [0.2, 0.25) is 0 Å². The lowest BCUT2D eigenvalue weighted by Gasteiger charge is -2.37. The quantitative estimate of drug-likeness (QED) is 0.615. The van der Waals surface area contributed by atoms with Crippen LogP contribution in [-0.4, -0.2) is 41.7 Å². The molecule has 1 amide bonds. The van der Waals surface area contributed by atoms with Crippen molar-refractivity contribution in [2.75, 3.05) is 20.8 Å². The molecular weight excluding hydrogens is 390 g/mol. The predicted molar refractivity (Wildman–Crippen MR) is 108 cm³/mol. The van der Waals surface area contributed by atoms with Crippen LogP contribution in [-0.2, 0) is 17.6 Å². The Morgan fingerprint density at radius 2 is 2.10 bits per heavy atom. The van der Waals surface area contributed by atoms with E-state index in [1.165, 1.54) is 5.56 Å². The summed E-state index contributed by atoms with van der Waals surface area (Å²) >= 11 is 1.65. The molecule has 4 rings (SSSR count). The van der Waals surface area contributed by atoms with Gasteiger partial charge in [-0.1, -0.05) is 11.2 Å². The molecule has 7 nitrogen and oxygen atoms in total. The third-order valence-electron chi connectivity index (χ3n) is 5.13. The van der Waals surface area contributed by atoms with Gasteiger partial charge in [-0.15, -0.1) is 11.3 Å². The Hall–Kier alpha value is -2.87. The molecule has 0 saturated carbocycles. The van der Waals surface area contributed by atoms with Gasteiger partial charge in [-0.05, 0) is 48.1 Å². The van der Waals surface area contributed by atoms with Gasteiger partial charge in [0, 0.05) is 24.3 Å². The molecule has 0 aliphatic carbocycles. The van der Waals surface area contributed by atoms with Crippen LogP contribution in [0.25, 0.3) is 0 Å². The van der Waals surface area contributed by atoms with E-state index in [4.69, 9.17) is 14.0 Å². The third-order valence-corrected chi connectivity index (χ3v) is 6.05. The van der Waals surface area contributed by atoms with Gasteiger partial charge in [0.05, 0.1) is 20.3 Å². The van der Waals surface area contributed by atoms with Crippen molar-refractivity contribution in [3.8, 4) is 11.5 Å². The summed E-state index contributed by atoms with van der Waals surface area (Å²) in [7, 11) is 3.27. The van der Waals surface area contributed by atoms with Gasteiger partial charge in [-0.3, -0.25) is 4.79 Å². The summed E-state index contributed by atoms with van der Waals surface area (Å²) in [5, 5.41) is 5.83. The molecule has 0 radical (unpaired) electrons. The normalized spacial score (nSPS) is 15.8. The number of aryl methyl sites for hydroxylation is 2. The predicted octanol–water partition coefficient (Wildman–Crippen LogP) is 3.56. The highest BCUT2D eigenvalue weighted by molar-refractivity contribution is 7.10. The van der Waals surface area contributed by atoms with Crippen LogP contribution >= 0.6 is 11.3 Å². The molecule has 0 N–H and O–H groups in total. The number of amides is 1. The largest absolute Gasteiger partial charge is 0.493 e. The van der Waals surface area contributed by atoms with Gasteiger partial charge in [-0.2, -0.15) is 4.98 Å². The first-order valence-corrected chi connectivity index (χ1v) is 10.4. The molecule has 1 atom stereocenters. The van der Waals surface area contributed by atoms with Crippen molar-refractivity contribution in [1.82, 2.24) is 15.0 Å². The molecule has 0 unspecified atom stereocenters. The molecule has 0 bridgehead atoms. The molecule has 29 heavy (non-hydrogen) atoms. The zero-order valence-electron chi connectivity index (χ0n) is 16.7. The smallest absolute Gasteiger partial charge is 0.227 e.